The maximum atomic E-state index is 12.4. The molecule has 0 fully saturated rings. The molecule has 0 aromatic rings. The van der Waals surface area contributed by atoms with Crippen LogP contribution in [0.15, 0.2) is 97.2 Å². The van der Waals surface area contributed by atoms with Gasteiger partial charge in [0.15, 0.2) is 6.10 Å². The lowest BCUT2D eigenvalue weighted by Crippen LogP contribution is -2.29. The third-order valence-electron chi connectivity index (χ3n) is 6.82. The number of carbonyl (C=O) groups excluding carboxylic acids is 2. The van der Waals surface area contributed by atoms with Crippen molar-refractivity contribution in [2.45, 2.75) is 123 Å². The number of unbranched alkanes of at least 4 members (excludes halogenated alkanes) is 4. The van der Waals surface area contributed by atoms with Crippen molar-refractivity contribution in [2.75, 3.05) is 20.3 Å². The number of carbonyl (C=O) groups is 2. The molecule has 0 aromatic carbocycles. The average Bonchev–Trinajstić information content (AvgIpc) is 3.09. The van der Waals surface area contributed by atoms with Crippen LogP contribution in [0.2, 0.25) is 0 Å². The summed E-state index contributed by atoms with van der Waals surface area (Å²) in [5.41, 5.74) is 0. The monoisotopic (exact) mass is 702 g/mol. The molecule has 0 radical (unpaired) electrons. The van der Waals surface area contributed by atoms with Crippen molar-refractivity contribution in [3.05, 3.63) is 97.2 Å². The molecular weight excluding hydrogens is 639 g/mol. The lowest BCUT2D eigenvalue weighted by Gasteiger charge is -2.19. The summed E-state index contributed by atoms with van der Waals surface area (Å²) in [5.74, 6) is -0.916. The molecule has 0 aliphatic heterocycles. The van der Waals surface area contributed by atoms with Gasteiger partial charge in [0.25, 0.3) is 0 Å². The van der Waals surface area contributed by atoms with E-state index in [1.165, 1.54) is 0 Å². The van der Waals surface area contributed by atoms with Crippen LogP contribution in [0.25, 0.3) is 0 Å². The van der Waals surface area contributed by atoms with Gasteiger partial charge in [-0.2, -0.15) is 0 Å². The van der Waals surface area contributed by atoms with E-state index in [2.05, 4.69) is 116 Å². The van der Waals surface area contributed by atoms with Crippen molar-refractivity contribution in [3.63, 3.8) is 0 Å². The molecule has 276 valence electrons. The van der Waals surface area contributed by atoms with E-state index in [1.54, 1.807) is 0 Å². The second-order valence-corrected chi connectivity index (χ2v) is 12.8. The first-order valence-electron chi connectivity index (χ1n) is 17.9. The van der Waals surface area contributed by atoms with Crippen LogP contribution in [0.3, 0.4) is 0 Å². The topological polar surface area (TPSA) is 108 Å². The fourth-order valence-electron chi connectivity index (χ4n) is 4.11. The third kappa shape index (κ3) is 34.6. The molecule has 9 heteroatoms. The highest BCUT2D eigenvalue weighted by Gasteiger charge is 2.24. The molecule has 49 heavy (non-hydrogen) atoms. The van der Waals surface area contributed by atoms with Gasteiger partial charge in [0.1, 0.15) is 6.61 Å². The van der Waals surface area contributed by atoms with Crippen molar-refractivity contribution in [2.24, 2.45) is 0 Å². The fraction of sp³-hybridized carbons (Fsp3) is 0.550. The molecular formula is C40H63O8P. The predicted molar refractivity (Wildman–Crippen MR) is 202 cm³/mol. The number of ether oxygens (including phenoxy) is 2. The minimum absolute atomic E-state index is 0.177. The summed E-state index contributed by atoms with van der Waals surface area (Å²) < 4.78 is 31.7. The molecule has 0 aliphatic carbocycles. The first-order chi connectivity index (χ1) is 23.8. The van der Waals surface area contributed by atoms with Gasteiger partial charge in [-0.05, 0) is 89.9 Å². The standard InChI is InChI=1S/C40H63O8P/c1-4-6-8-10-12-14-16-18-20-22-24-26-28-30-32-34-39(41)46-36-38(37-47-49(43,44)45-3)48-40(42)35-33-31-29-27-25-23-21-19-17-15-13-11-9-7-5-2/h6-9,12-15,18-21,24-27,38H,4-5,10-11,16-17,22-23,28-37H2,1-3H3,(H,43,44)/b8-6-,9-7-,14-12-,15-13-,20-18-,21-19-,26-24-,27-25-. The SMILES string of the molecule is CC/C=C\C/C=C\C/C=C\C/C=C\CCCCC(=O)OCC(COP(=O)(O)OC)OC(=O)CCCC/C=C\C/C=C\C/C=C\C/C=C\CC. The molecule has 0 aromatic heterocycles. The summed E-state index contributed by atoms with van der Waals surface area (Å²) in [4.78, 5) is 34.3. The molecule has 0 amide bonds. The lowest BCUT2D eigenvalue weighted by atomic mass is 10.1. The van der Waals surface area contributed by atoms with Gasteiger partial charge in [-0.1, -0.05) is 111 Å². The first kappa shape index (κ1) is 46.0. The molecule has 8 nitrogen and oxygen atoms in total. The molecule has 0 rings (SSSR count). The molecule has 0 spiro atoms. The van der Waals surface area contributed by atoms with Crippen LogP contribution in [0, 0.1) is 0 Å². The lowest BCUT2D eigenvalue weighted by molar-refractivity contribution is -0.161. The Balaban J connectivity index is 4.27. The van der Waals surface area contributed by atoms with Gasteiger partial charge >= 0.3 is 19.8 Å². The molecule has 0 heterocycles. The van der Waals surface area contributed by atoms with Crippen LogP contribution in [-0.2, 0) is 32.7 Å². The molecule has 2 atom stereocenters. The van der Waals surface area contributed by atoms with Crippen molar-refractivity contribution >= 4 is 19.8 Å². The van der Waals surface area contributed by atoms with Crippen molar-refractivity contribution < 1.29 is 37.6 Å². The summed E-state index contributed by atoms with van der Waals surface area (Å²) in [6.45, 7) is 3.55. The van der Waals surface area contributed by atoms with E-state index in [-0.39, 0.29) is 19.4 Å². The zero-order valence-corrected chi connectivity index (χ0v) is 31.2. The Kier molecular flexibility index (Phi) is 32.7. The van der Waals surface area contributed by atoms with Gasteiger partial charge in [-0.3, -0.25) is 18.6 Å². The summed E-state index contributed by atoms with van der Waals surface area (Å²) in [6, 6.07) is 0. The Morgan fingerprint density at radius 2 is 0.959 bits per heavy atom. The number of hydrogen-bond acceptors (Lipinski definition) is 7. The summed E-state index contributed by atoms with van der Waals surface area (Å²) >= 11 is 0. The maximum absolute atomic E-state index is 12.4. The summed E-state index contributed by atoms with van der Waals surface area (Å²) in [7, 11) is -3.24. The zero-order chi connectivity index (χ0) is 36.1. The smallest absolute Gasteiger partial charge is 0.462 e. The average molecular weight is 703 g/mol. The van der Waals surface area contributed by atoms with Crippen LogP contribution in [0.4, 0.5) is 0 Å². The molecule has 0 saturated carbocycles. The van der Waals surface area contributed by atoms with E-state index in [1.807, 2.05) is 0 Å². The summed E-state index contributed by atoms with van der Waals surface area (Å²) in [5, 5.41) is 0. The fourth-order valence-corrected chi connectivity index (χ4v) is 4.57. The van der Waals surface area contributed by atoms with E-state index in [0.717, 1.165) is 84.2 Å². The Hall–Kier alpha value is -3.03. The number of phosphoric ester groups is 1. The van der Waals surface area contributed by atoms with Crippen LogP contribution in [0.1, 0.15) is 117 Å². The van der Waals surface area contributed by atoms with E-state index in [9.17, 15) is 19.0 Å². The predicted octanol–water partition coefficient (Wildman–Crippen LogP) is 10.9. The highest BCUT2D eigenvalue weighted by molar-refractivity contribution is 7.47. The van der Waals surface area contributed by atoms with Crippen LogP contribution in [-0.4, -0.2) is 43.3 Å². The van der Waals surface area contributed by atoms with E-state index in [0.29, 0.717) is 12.8 Å². The van der Waals surface area contributed by atoms with Gasteiger partial charge < -0.3 is 14.4 Å². The Morgan fingerprint density at radius 3 is 1.37 bits per heavy atom. The second-order valence-electron chi connectivity index (χ2n) is 11.2. The molecule has 0 aliphatic rings. The van der Waals surface area contributed by atoms with E-state index in [4.69, 9.17) is 14.0 Å². The normalized spacial score (nSPS) is 14.6. The zero-order valence-electron chi connectivity index (χ0n) is 30.3. The van der Waals surface area contributed by atoms with Gasteiger partial charge in [-0.15, -0.1) is 0 Å². The van der Waals surface area contributed by atoms with Crippen molar-refractivity contribution in [3.8, 4) is 0 Å². The second kappa shape index (κ2) is 34.8. The van der Waals surface area contributed by atoms with Crippen LogP contribution in [0.5, 0.6) is 0 Å². The number of phosphoric acid groups is 1. The Morgan fingerprint density at radius 1 is 0.571 bits per heavy atom. The van der Waals surface area contributed by atoms with Crippen molar-refractivity contribution in [1.29, 1.82) is 0 Å². The van der Waals surface area contributed by atoms with E-state index >= 15 is 0 Å². The largest absolute Gasteiger partial charge is 0.472 e. The number of esters is 2. The summed E-state index contributed by atoms with van der Waals surface area (Å²) in [6.07, 6.45) is 46.1. The number of hydrogen-bond donors (Lipinski definition) is 1. The van der Waals surface area contributed by atoms with E-state index < -0.39 is 32.5 Å². The minimum atomic E-state index is -4.28. The number of rotatable bonds is 31. The van der Waals surface area contributed by atoms with Crippen molar-refractivity contribution in [1.82, 2.24) is 0 Å². The van der Waals surface area contributed by atoms with Crippen LogP contribution < -0.4 is 0 Å². The Labute approximate surface area is 297 Å². The molecule has 0 saturated heterocycles. The Bertz CT molecular complexity index is 1110. The highest BCUT2D eigenvalue weighted by Crippen LogP contribution is 2.42. The highest BCUT2D eigenvalue weighted by atomic mass is 31.2. The van der Waals surface area contributed by atoms with Crippen LogP contribution >= 0.6 is 7.82 Å². The maximum Gasteiger partial charge on any atom is 0.472 e. The molecule has 1 N–H and O–H groups in total. The quantitative estimate of drug-likeness (QED) is 0.0329. The molecule has 2 unspecified atom stereocenters. The van der Waals surface area contributed by atoms with Gasteiger partial charge in [0, 0.05) is 20.0 Å². The van der Waals surface area contributed by atoms with Gasteiger partial charge in [0.05, 0.1) is 6.61 Å². The minimum Gasteiger partial charge on any atom is -0.462 e. The third-order valence-corrected chi connectivity index (χ3v) is 7.76. The van der Waals surface area contributed by atoms with Gasteiger partial charge in [-0.25, -0.2) is 4.57 Å². The molecule has 0 bridgehead atoms. The number of allylic oxidation sites excluding steroid dienone is 16. The van der Waals surface area contributed by atoms with Gasteiger partial charge in [0.2, 0.25) is 0 Å². The first-order valence-corrected chi connectivity index (χ1v) is 19.4.